The lowest BCUT2D eigenvalue weighted by Crippen LogP contribution is -2.51. The molecule has 0 aromatic heterocycles. The van der Waals surface area contributed by atoms with Crippen LogP contribution in [0.15, 0.2) is 0 Å². The van der Waals surface area contributed by atoms with Crippen molar-refractivity contribution in [1.82, 2.24) is 16.0 Å². The topological polar surface area (TPSA) is 108 Å². The van der Waals surface area contributed by atoms with Gasteiger partial charge in [0.05, 0.1) is 5.92 Å². The lowest BCUT2D eigenvalue weighted by atomic mass is 9.84. The molecule has 0 saturated carbocycles. The fourth-order valence-electron chi connectivity index (χ4n) is 2.29. The molecular formula is C14H25N3O4. The summed E-state index contributed by atoms with van der Waals surface area (Å²) in [5, 5.41) is 17.2. The van der Waals surface area contributed by atoms with Gasteiger partial charge in [-0.25, -0.2) is 4.79 Å². The number of carbonyl (C=O) groups excluding carboxylic acids is 2. The fourth-order valence-corrected chi connectivity index (χ4v) is 2.29. The quantitative estimate of drug-likeness (QED) is 0.599. The van der Waals surface area contributed by atoms with Gasteiger partial charge in [-0.15, -0.1) is 0 Å². The number of nitrogens with one attached hydrogen (secondary N) is 3. The Balaban J connectivity index is 2.36. The highest BCUT2D eigenvalue weighted by Crippen LogP contribution is 2.24. The fraction of sp³-hybridized carbons (Fsp3) is 0.786. The van der Waals surface area contributed by atoms with Crippen LogP contribution in [0.5, 0.6) is 0 Å². The first-order valence-corrected chi connectivity index (χ1v) is 7.21. The van der Waals surface area contributed by atoms with Crippen molar-refractivity contribution >= 4 is 17.9 Å². The molecule has 7 heteroatoms. The number of carboxylic acid groups (broad SMARTS) is 1. The Labute approximate surface area is 124 Å². The van der Waals surface area contributed by atoms with Crippen LogP contribution in [0.2, 0.25) is 0 Å². The van der Waals surface area contributed by atoms with Gasteiger partial charge in [0.15, 0.2) is 0 Å². The summed E-state index contributed by atoms with van der Waals surface area (Å²) in [5.41, 5.74) is -0.116. The van der Waals surface area contributed by atoms with E-state index in [0.717, 1.165) is 0 Å². The van der Waals surface area contributed by atoms with Gasteiger partial charge in [0, 0.05) is 25.6 Å². The molecule has 0 aromatic carbocycles. The summed E-state index contributed by atoms with van der Waals surface area (Å²) in [5.74, 6) is -1.53. The standard InChI is InChI=1S/C14H25N3O4/c1-14(2,3)6-9(12(19)20)7-16-13(21)17-10-4-5-11(18)15-8-10/h9-10H,4-8H2,1-3H3,(H,15,18)(H,19,20)(H2,16,17,21). The minimum atomic E-state index is -0.907. The van der Waals surface area contributed by atoms with Crippen LogP contribution in [0.25, 0.3) is 0 Å². The van der Waals surface area contributed by atoms with Gasteiger partial charge in [0.1, 0.15) is 0 Å². The number of carbonyl (C=O) groups is 3. The van der Waals surface area contributed by atoms with Gasteiger partial charge in [-0.05, 0) is 18.3 Å². The van der Waals surface area contributed by atoms with Gasteiger partial charge >= 0.3 is 12.0 Å². The molecule has 21 heavy (non-hydrogen) atoms. The van der Waals surface area contributed by atoms with E-state index < -0.39 is 17.9 Å². The molecule has 1 rings (SSSR count). The van der Waals surface area contributed by atoms with Gasteiger partial charge in [-0.1, -0.05) is 20.8 Å². The Hall–Kier alpha value is -1.79. The Morgan fingerprint density at radius 3 is 2.57 bits per heavy atom. The van der Waals surface area contributed by atoms with E-state index in [9.17, 15) is 19.5 Å². The van der Waals surface area contributed by atoms with Gasteiger partial charge in [-0.3, -0.25) is 9.59 Å². The molecule has 7 nitrogen and oxygen atoms in total. The van der Waals surface area contributed by atoms with Gasteiger partial charge in [0.25, 0.3) is 0 Å². The van der Waals surface area contributed by atoms with Crippen molar-refractivity contribution in [2.75, 3.05) is 13.1 Å². The third kappa shape index (κ3) is 6.97. The van der Waals surface area contributed by atoms with Crippen molar-refractivity contribution in [3.8, 4) is 0 Å². The van der Waals surface area contributed by atoms with E-state index >= 15 is 0 Å². The molecule has 0 bridgehead atoms. The Kier molecular flexibility index (Phi) is 5.99. The third-order valence-electron chi connectivity index (χ3n) is 3.32. The first-order chi connectivity index (χ1) is 9.67. The molecule has 3 amide bonds. The van der Waals surface area contributed by atoms with E-state index in [1.165, 1.54) is 0 Å². The van der Waals surface area contributed by atoms with Crippen molar-refractivity contribution < 1.29 is 19.5 Å². The molecule has 1 saturated heterocycles. The summed E-state index contributed by atoms with van der Waals surface area (Å²) in [7, 11) is 0. The Bertz CT molecular complexity index is 394. The number of urea groups is 1. The minimum Gasteiger partial charge on any atom is -0.481 e. The van der Waals surface area contributed by atoms with Crippen LogP contribution in [0, 0.1) is 11.3 Å². The highest BCUT2D eigenvalue weighted by molar-refractivity contribution is 5.78. The number of piperidine rings is 1. The number of amides is 3. The highest BCUT2D eigenvalue weighted by Gasteiger charge is 2.25. The summed E-state index contributed by atoms with van der Waals surface area (Å²) in [6.45, 7) is 6.41. The largest absolute Gasteiger partial charge is 0.481 e. The molecule has 1 aliphatic rings. The van der Waals surface area contributed by atoms with Crippen LogP contribution in [0.1, 0.15) is 40.0 Å². The molecular weight excluding hydrogens is 274 g/mol. The van der Waals surface area contributed by atoms with E-state index in [0.29, 0.717) is 25.8 Å². The minimum absolute atomic E-state index is 0.00965. The lowest BCUT2D eigenvalue weighted by Gasteiger charge is -2.25. The third-order valence-corrected chi connectivity index (χ3v) is 3.32. The zero-order valence-corrected chi connectivity index (χ0v) is 12.9. The van der Waals surface area contributed by atoms with Crippen LogP contribution < -0.4 is 16.0 Å². The Morgan fingerprint density at radius 2 is 2.10 bits per heavy atom. The van der Waals surface area contributed by atoms with Crippen LogP contribution in [-0.4, -0.2) is 42.1 Å². The molecule has 4 N–H and O–H groups in total. The molecule has 0 radical (unpaired) electrons. The summed E-state index contributed by atoms with van der Waals surface area (Å²) < 4.78 is 0. The molecule has 120 valence electrons. The normalized spacial score (nSPS) is 20.3. The molecule has 2 unspecified atom stereocenters. The summed E-state index contributed by atoms with van der Waals surface area (Å²) in [6, 6.07) is -0.495. The maximum absolute atomic E-state index is 11.8. The van der Waals surface area contributed by atoms with Crippen molar-refractivity contribution in [3.05, 3.63) is 0 Å². The van der Waals surface area contributed by atoms with Crippen molar-refractivity contribution in [1.29, 1.82) is 0 Å². The predicted octanol–water partition coefficient (Wildman–Crippen LogP) is 0.701. The SMILES string of the molecule is CC(C)(C)CC(CNC(=O)NC1CCC(=O)NC1)C(=O)O. The monoisotopic (exact) mass is 299 g/mol. The molecule has 1 heterocycles. The molecule has 1 fully saturated rings. The lowest BCUT2D eigenvalue weighted by molar-refractivity contribution is -0.142. The number of aliphatic carboxylic acids is 1. The number of hydrogen-bond donors (Lipinski definition) is 4. The molecule has 2 atom stereocenters. The first-order valence-electron chi connectivity index (χ1n) is 7.21. The van der Waals surface area contributed by atoms with Crippen LogP contribution in [0.3, 0.4) is 0 Å². The van der Waals surface area contributed by atoms with E-state index in [4.69, 9.17) is 0 Å². The maximum Gasteiger partial charge on any atom is 0.315 e. The summed E-state index contributed by atoms with van der Waals surface area (Å²) >= 11 is 0. The van der Waals surface area contributed by atoms with Crippen LogP contribution >= 0.6 is 0 Å². The molecule has 0 spiro atoms. The second-order valence-corrected chi connectivity index (χ2v) is 6.69. The van der Waals surface area contributed by atoms with Gasteiger partial charge in [0.2, 0.25) is 5.91 Å². The smallest absolute Gasteiger partial charge is 0.315 e. The van der Waals surface area contributed by atoms with E-state index in [1.54, 1.807) is 0 Å². The average Bonchev–Trinajstić information content (AvgIpc) is 2.35. The van der Waals surface area contributed by atoms with E-state index in [-0.39, 0.29) is 23.9 Å². The summed E-state index contributed by atoms with van der Waals surface area (Å²) in [6.07, 6.45) is 1.48. The molecule has 1 aliphatic heterocycles. The maximum atomic E-state index is 11.8. The van der Waals surface area contributed by atoms with E-state index in [2.05, 4.69) is 16.0 Å². The Morgan fingerprint density at radius 1 is 1.43 bits per heavy atom. The number of carboxylic acids is 1. The van der Waals surface area contributed by atoms with Crippen molar-refractivity contribution in [2.45, 2.75) is 46.1 Å². The van der Waals surface area contributed by atoms with Crippen molar-refractivity contribution in [3.63, 3.8) is 0 Å². The van der Waals surface area contributed by atoms with E-state index in [1.807, 2.05) is 20.8 Å². The number of hydrogen-bond acceptors (Lipinski definition) is 3. The summed E-state index contributed by atoms with van der Waals surface area (Å²) in [4.78, 5) is 34.0. The van der Waals surface area contributed by atoms with Gasteiger partial charge in [-0.2, -0.15) is 0 Å². The second kappa shape index (κ2) is 7.28. The molecule has 0 aliphatic carbocycles. The van der Waals surface area contributed by atoms with Crippen LogP contribution in [0.4, 0.5) is 4.79 Å². The van der Waals surface area contributed by atoms with Gasteiger partial charge < -0.3 is 21.1 Å². The van der Waals surface area contributed by atoms with Crippen LogP contribution in [-0.2, 0) is 9.59 Å². The second-order valence-electron chi connectivity index (χ2n) is 6.69. The molecule has 0 aromatic rings. The highest BCUT2D eigenvalue weighted by atomic mass is 16.4. The first kappa shape index (κ1) is 17.3. The zero-order valence-electron chi connectivity index (χ0n) is 12.9. The average molecular weight is 299 g/mol. The zero-order chi connectivity index (χ0) is 16.0. The number of rotatable bonds is 5. The van der Waals surface area contributed by atoms with Crippen molar-refractivity contribution in [2.24, 2.45) is 11.3 Å². The predicted molar refractivity (Wildman–Crippen MR) is 77.8 cm³/mol.